The van der Waals surface area contributed by atoms with Crippen LogP contribution in [0.4, 0.5) is 17.1 Å². The van der Waals surface area contributed by atoms with Crippen molar-refractivity contribution in [3.63, 3.8) is 0 Å². The minimum atomic E-state index is -0.495. The van der Waals surface area contributed by atoms with E-state index < -0.39 is 11.0 Å². The molecule has 3 N–H and O–H groups in total. The van der Waals surface area contributed by atoms with E-state index in [1.807, 2.05) is 6.92 Å². The fourth-order valence-corrected chi connectivity index (χ4v) is 2.36. The highest BCUT2D eigenvalue weighted by atomic mass is 16.6. The van der Waals surface area contributed by atoms with Gasteiger partial charge in [0.25, 0.3) is 5.69 Å². The van der Waals surface area contributed by atoms with Gasteiger partial charge in [-0.3, -0.25) is 14.9 Å². The number of nitrogens with one attached hydrogen (secondary N) is 2. The number of nitrogens with zero attached hydrogens (tertiary/aromatic N) is 1. The lowest BCUT2D eigenvalue weighted by Gasteiger charge is -2.17. The van der Waals surface area contributed by atoms with Gasteiger partial charge in [0.1, 0.15) is 5.69 Å². The molecular formula is C13H17N3O4. The highest BCUT2D eigenvalue weighted by Gasteiger charge is 2.25. The summed E-state index contributed by atoms with van der Waals surface area (Å²) in [5.74, 6) is -0.163. The van der Waals surface area contributed by atoms with E-state index in [1.165, 1.54) is 6.07 Å². The summed E-state index contributed by atoms with van der Waals surface area (Å²) in [5.41, 5.74) is 1.53. The number of carbonyl (C=O) groups excluding carboxylic acids is 1. The standard InChI is InChI=1S/C13H17N3O4/c1-7(3-8(2)17)14-11-6-10-9(5-13(18)15-10)4-12(11)16(19)20/h4,6-8,14,17H,3,5H2,1-2H3,(H,15,18). The number of nitro groups is 1. The Morgan fingerprint density at radius 1 is 1.50 bits per heavy atom. The molecule has 2 rings (SSSR count). The predicted molar refractivity (Wildman–Crippen MR) is 74.8 cm³/mol. The first-order valence-electron chi connectivity index (χ1n) is 6.42. The Morgan fingerprint density at radius 2 is 2.20 bits per heavy atom. The second kappa shape index (κ2) is 5.46. The molecule has 0 saturated heterocycles. The number of fused-ring (bicyclic) bond motifs is 1. The third-order valence-electron chi connectivity index (χ3n) is 3.14. The number of hydrogen-bond acceptors (Lipinski definition) is 5. The van der Waals surface area contributed by atoms with E-state index in [-0.39, 0.29) is 24.1 Å². The molecule has 0 spiro atoms. The van der Waals surface area contributed by atoms with Crippen molar-refractivity contribution in [2.75, 3.05) is 10.6 Å². The van der Waals surface area contributed by atoms with E-state index >= 15 is 0 Å². The lowest BCUT2D eigenvalue weighted by Crippen LogP contribution is -2.21. The zero-order valence-corrected chi connectivity index (χ0v) is 11.3. The molecule has 2 atom stereocenters. The van der Waals surface area contributed by atoms with E-state index in [9.17, 15) is 20.0 Å². The van der Waals surface area contributed by atoms with Crippen LogP contribution >= 0.6 is 0 Å². The van der Waals surface area contributed by atoms with Crippen molar-refractivity contribution >= 4 is 23.0 Å². The fraction of sp³-hybridized carbons (Fsp3) is 0.462. The molecule has 20 heavy (non-hydrogen) atoms. The zero-order valence-electron chi connectivity index (χ0n) is 11.3. The Morgan fingerprint density at radius 3 is 2.80 bits per heavy atom. The van der Waals surface area contributed by atoms with Gasteiger partial charge in [-0.2, -0.15) is 0 Å². The van der Waals surface area contributed by atoms with Crippen molar-refractivity contribution in [2.24, 2.45) is 0 Å². The number of aliphatic hydroxyl groups excluding tert-OH is 1. The Kier molecular flexibility index (Phi) is 3.89. The van der Waals surface area contributed by atoms with Gasteiger partial charge in [0.05, 0.1) is 17.4 Å². The summed E-state index contributed by atoms with van der Waals surface area (Å²) in [7, 11) is 0. The maximum Gasteiger partial charge on any atom is 0.292 e. The largest absolute Gasteiger partial charge is 0.393 e. The quantitative estimate of drug-likeness (QED) is 0.561. The van der Waals surface area contributed by atoms with Crippen molar-refractivity contribution in [1.82, 2.24) is 0 Å². The number of benzene rings is 1. The summed E-state index contributed by atoms with van der Waals surface area (Å²) in [6, 6.07) is 2.88. The normalized spacial score (nSPS) is 16.2. The monoisotopic (exact) mass is 279 g/mol. The van der Waals surface area contributed by atoms with Crippen LogP contribution in [0.3, 0.4) is 0 Å². The summed E-state index contributed by atoms with van der Waals surface area (Å²) in [5, 5.41) is 26.1. The van der Waals surface area contributed by atoms with Gasteiger partial charge in [-0.25, -0.2) is 0 Å². The number of amides is 1. The maximum absolute atomic E-state index is 11.3. The number of hydrogen-bond donors (Lipinski definition) is 3. The lowest BCUT2D eigenvalue weighted by atomic mass is 10.1. The third kappa shape index (κ3) is 3.05. The Hall–Kier alpha value is -2.15. The van der Waals surface area contributed by atoms with Crippen LogP contribution in [0.2, 0.25) is 0 Å². The van der Waals surface area contributed by atoms with Gasteiger partial charge < -0.3 is 15.7 Å². The average Bonchev–Trinajstić information content (AvgIpc) is 2.65. The molecule has 1 aromatic carbocycles. The molecule has 0 fully saturated rings. The Bertz CT molecular complexity index is 557. The van der Waals surface area contributed by atoms with Crippen LogP contribution in [0.25, 0.3) is 0 Å². The van der Waals surface area contributed by atoms with E-state index in [4.69, 9.17) is 0 Å². The van der Waals surface area contributed by atoms with Gasteiger partial charge in [0.2, 0.25) is 5.91 Å². The molecule has 0 aliphatic carbocycles. The fourth-order valence-electron chi connectivity index (χ4n) is 2.36. The summed E-state index contributed by atoms with van der Waals surface area (Å²) in [6.07, 6.45) is 0.144. The van der Waals surface area contributed by atoms with Crippen LogP contribution in [-0.4, -0.2) is 28.1 Å². The van der Waals surface area contributed by atoms with Crippen molar-refractivity contribution in [3.05, 3.63) is 27.8 Å². The van der Waals surface area contributed by atoms with Gasteiger partial charge >= 0.3 is 0 Å². The summed E-state index contributed by atoms with van der Waals surface area (Å²) >= 11 is 0. The molecule has 0 saturated carbocycles. The number of carbonyl (C=O) groups is 1. The van der Waals surface area contributed by atoms with Gasteiger partial charge in [-0.05, 0) is 31.9 Å². The Balaban J connectivity index is 2.29. The second-order valence-corrected chi connectivity index (χ2v) is 5.14. The van der Waals surface area contributed by atoms with Gasteiger partial charge in [-0.15, -0.1) is 0 Å². The molecule has 1 aliphatic rings. The second-order valence-electron chi connectivity index (χ2n) is 5.14. The molecule has 0 aromatic heterocycles. The first-order valence-corrected chi connectivity index (χ1v) is 6.42. The lowest BCUT2D eigenvalue weighted by molar-refractivity contribution is -0.384. The van der Waals surface area contributed by atoms with Crippen molar-refractivity contribution < 1.29 is 14.8 Å². The van der Waals surface area contributed by atoms with Crippen LogP contribution in [0.5, 0.6) is 0 Å². The first-order chi connectivity index (χ1) is 9.36. The maximum atomic E-state index is 11.3. The van der Waals surface area contributed by atoms with Crippen molar-refractivity contribution in [3.8, 4) is 0 Å². The number of rotatable bonds is 5. The summed E-state index contributed by atoms with van der Waals surface area (Å²) < 4.78 is 0. The molecule has 108 valence electrons. The van der Waals surface area contributed by atoms with Crippen LogP contribution in [0, 0.1) is 10.1 Å². The molecule has 1 aromatic rings. The highest BCUT2D eigenvalue weighted by molar-refractivity contribution is 6.00. The van der Waals surface area contributed by atoms with E-state index in [1.54, 1.807) is 13.0 Å². The highest BCUT2D eigenvalue weighted by Crippen LogP contribution is 2.35. The molecule has 1 aliphatic heterocycles. The molecule has 1 heterocycles. The van der Waals surface area contributed by atoms with E-state index in [0.29, 0.717) is 23.4 Å². The van der Waals surface area contributed by atoms with Gasteiger partial charge in [0.15, 0.2) is 0 Å². The topological polar surface area (TPSA) is 104 Å². The van der Waals surface area contributed by atoms with Crippen LogP contribution in [0.15, 0.2) is 12.1 Å². The van der Waals surface area contributed by atoms with Crippen LogP contribution < -0.4 is 10.6 Å². The molecule has 7 nitrogen and oxygen atoms in total. The minimum Gasteiger partial charge on any atom is -0.393 e. The number of aliphatic hydroxyl groups is 1. The zero-order chi connectivity index (χ0) is 14.9. The SMILES string of the molecule is CC(O)CC(C)Nc1cc2c(cc1[N+](=O)[O-])CC(=O)N2. The van der Waals surface area contributed by atoms with Gasteiger partial charge in [-0.1, -0.05) is 0 Å². The van der Waals surface area contributed by atoms with Crippen LogP contribution in [-0.2, 0) is 11.2 Å². The summed E-state index contributed by atoms with van der Waals surface area (Å²) in [6.45, 7) is 3.50. The first kappa shape index (κ1) is 14.3. The predicted octanol–water partition coefficient (Wildman–Crippen LogP) is 1.66. The van der Waals surface area contributed by atoms with Crippen LogP contribution in [0.1, 0.15) is 25.8 Å². The molecule has 2 unspecified atom stereocenters. The summed E-state index contributed by atoms with van der Waals surface area (Å²) in [4.78, 5) is 22.0. The van der Waals surface area contributed by atoms with E-state index in [2.05, 4.69) is 10.6 Å². The molecule has 1 amide bonds. The molecule has 0 radical (unpaired) electrons. The van der Waals surface area contributed by atoms with Crippen molar-refractivity contribution in [1.29, 1.82) is 0 Å². The minimum absolute atomic E-state index is 0.0577. The Labute approximate surface area is 116 Å². The molecule has 0 bridgehead atoms. The number of nitro benzene ring substituents is 1. The number of anilines is 2. The van der Waals surface area contributed by atoms with Crippen molar-refractivity contribution in [2.45, 2.75) is 38.8 Å². The van der Waals surface area contributed by atoms with E-state index in [0.717, 1.165) is 0 Å². The molecular weight excluding hydrogens is 262 g/mol. The average molecular weight is 279 g/mol. The third-order valence-corrected chi connectivity index (χ3v) is 3.14. The smallest absolute Gasteiger partial charge is 0.292 e. The van der Waals surface area contributed by atoms with Gasteiger partial charge in [0, 0.05) is 17.8 Å². The molecule has 7 heteroatoms.